The smallest absolute Gasteiger partial charge is 0.335 e. The molecular formula is C14H12N2O4S. The Balaban J connectivity index is 2.02. The lowest BCUT2D eigenvalue weighted by Gasteiger charge is -2.25. The van der Waals surface area contributed by atoms with Gasteiger partial charge in [-0.15, -0.1) is 0 Å². The SMILES string of the molecule is CC1CC(=O)N(c2nc3ccc(C(=O)O)cc3s2)C(=O)C1. The Kier molecular flexibility index (Phi) is 3.21. The van der Waals surface area contributed by atoms with Gasteiger partial charge in [0.1, 0.15) is 0 Å². The average Bonchev–Trinajstić information content (AvgIpc) is 2.79. The Hall–Kier alpha value is -2.28. The molecule has 108 valence electrons. The van der Waals surface area contributed by atoms with Gasteiger partial charge in [0, 0.05) is 12.8 Å². The molecule has 2 aromatic rings. The molecule has 1 aliphatic rings. The van der Waals surface area contributed by atoms with Gasteiger partial charge in [-0.1, -0.05) is 18.3 Å². The standard InChI is InChI=1S/C14H12N2O4S/c1-7-4-11(17)16(12(18)5-7)14-15-9-3-2-8(13(19)20)6-10(9)21-14/h2-3,6-7H,4-5H2,1H3,(H,19,20). The molecule has 0 aliphatic carbocycles. The maximum atomic E-state index is 12.0. The highest BCUT2D eigenvalue weighted by Gasteiger charge is 2.33. The second kappa shape index (κ2) is 4.92. The summed E-state index contributed by atoms with van der Waals surface area (Å²) in [6.45, 7) is 1.87. The summed E-state index contributed by atoms with van der Waals surface area (Å²) in [7, 11) is 0. The van der Waals surface area contributed by atoms with E-state index >= 15 is 0 Å². The van der Waals surface area contributed by atoms with Gasteiger partial charge in [0.05, 0.1) is 15.8 Å². The second-order valence-electron chi connectivity index (χ2n) is 5.12. The molecule has 1 N–H and O–H groups in total. The van der Waals surface area contributed by atoms with Crippen molar-refractivity contribution in [3.63, 3.8) is 0 Å². The first-order valence-electron chi connectivity index (χ1n) is 6.45. The van der Waals surface area contributed by atoms with Crippen molar-refractivity contribution in [3.8, 4) is 0 Å². The molecule has 0 unspecified atom stereocenters. The van der Waals surface area contributed by atoms with Crippen molar-refractivity contribution in [2.24, 2.45) is 5.92 Å². The van der Waals surface area contributed by atoms with Gasteiger partial charge in [0.2, 0.25) is 11.8 Å². The fourth-order valence-electron chi connectivity index (χ4n) is 2.34. The molecule has 2 amide bonds. The molecular weight excluding hydrogens is 292 g/mol. The van der Waals surface area contributed by atoms with Crippen molar-refractivity contribution in [2.75, 3.05) is 4.90 Å². The first-order chi connectivity index (χ1) is 9.95. The number of anilines is 1. The fourth-order valence-corrected chi connectivity index (χ4v) is 3.38. The number of hydrogen-bond acceptors (Lipinski definition) is 5. The number of hydrogen-bond donors (Lipinski definition) is 1. The third kappa shape index (κ3) is 2.40. The lowest BCUT2D eigenvalue weighted by Crippen LogP contribution is -2.42. The molecule has 0 spiro atoms. The van der Waals surface area contributed by atoms with Gasteiger partial charge in [0.25, 0.3) is 0 Å². The van der Waals surface area contributed by atoms with Gasteiger partial charge in [0.15, 0.2) is 5.13 Å². The zero-order chi connectivity index (χ0) is 15.1. The van der Waals surface area contributed by atoms with Crippen LogP contribution in [0.5, 0.6) is 0 Å². The molecule has 7 heteroatoms. The molecule has 0 saturated carbocycles. The third-order valence-electron chi connectivity index (χ3n) is 3.36. The van der Waals surface area contributed by atoms with Crippen LogP contribution in [-0.2, 0) is 9.59 Å². The molecule has 0 bridgehead atoms. The summed E-state index contributed by atoms with van der Waals surface area (Å²) in [4.78, 5) is 40.4. The van der Waals surface area contributed by atoms with Crippen LogP contribution in [0.25, 0.3) is 10.2 Å². The molecule has 1 aliphatic heterocycles. The number of piperidine rings is 1. The topological polar surface area (TPSA) is 87.6 Å². The lowest BCUT2D eigenvalue weighted by molar-refractivity contribution is -0.130. The summed E-state index contributed by atoms with van der Waals surface area (Å²) in [5.41, 5.74) is 0.738. The number of benzene rings is 1. The minimum absolute atomic E-state index is 0.0502. The normalized spacial score (nSPS) is 16.7. The van der Waals surface area contributed by atoms with Crippen molar-refractivity contribution in [2.45, 2.75) is 19.8 Å². The number of imide groups is 1. The first-order valence-corrected chi connectivity index (χ1v) is 7.27. The van der Waals surface area contributed by atoms with Crippen LogP contribution in [0.3, 0.4) is 0 Å². The van der Waals surface area contributed by atoms with E-state index in [0.29, 0.717) is 28.2 Å². The van der Waals surface area contributed by atoms with Gasteiger partial charge >= 0.3 is 5.97 Å². The molecule has 1 fully saturated rings. The Labute approximate surface area is 124 Å². The minimum atomic E-state index is -1.02. The number of aromatic nitrogens is 1. The molecule has 0 atom stereocenters. The van der Waals surface area contributed by atoms with Crippen LogP contribution in [-0.4, -0.2) is 27.9 Å². The van der Waals surface area contributed by atoms with E-state index in [1.807, 2.05) is 6.92 Å². The molecule has 1 aromatic heterocycles. The van der Waals surface area contributed by atoms with Crippen molar-refractivity contribution in [1.29, 1.82) is 0 Å². The van der Waals surface area contributed by atoms with E-state index in [4.69, 9.17) is 5.11 Å². The highest BCUT2D eigenvalue weighted by atomic mass is 32.1. The maximum absolute atomic E-state index is 12.0. The maximum Gasteiger partial charge on any atom is 0.335 e. The highest BCUT2D eigenvalue weighted by Crippen LogP contribution is 2.33. The Morgan fingerprint density at radius 2 is 2.00 bits per heavy atom. The third-order valence-corrected chi connectivity index (χ3v) is 4.36. The number of aromatic carboxylic acids is 1. The Bertz CT molecular complexity index is 749. The number of fused-ring (bicyclic) bond motifs is 1. The van der Waals surface area contributed by atoms with Gasteiger partial charge in [-0.3, -0.25) is 9.59 Å². The van der Waals surface area contributed by atoms with Gasteiger partial charge in [-0.2, -0.15) is 0 Å². The lowest BCUT2D eigenvalue weighted by atomic mass is 9.98. The van der Waals surface area contributed by atoms with Gasteiger partial charge in [-0.25, -0.2) is 14.7 Å². The summed E-state index contributed by atoms with van der Waals surface area (Å²) in [5.74, 6) is -1.48. The van der Waals surface area contributed by atoms with E-state index in [0.717, 1.165) is 16.2 Å². The largest absolute Gasteiger partial charge is 0.478 e. The number of carbonyl (C=O) groups excluding carboxylic acids is 2. The number of nitrogens with zero attached hydrogens (tertiary/aromatic N) is 2. The van der Waals surface area contributed by atoms with Gasteiger partial charge in [-0.05, 0) is 24.1 Å². The van der Waals surface area contributed by atoms with E-state index in [2.05, 4.69) is 4.98 Å². The summed E-state index contributed by atoms with van der Waals surface area (Å²) in [6.07, 6.45) is 0.643. The van der Waals surface area contributed by atoms with Crippen molar-refractivity contribution in [1.82, 2.24) is 4.98 Å². The van der Waals surface area contributed by atoms with E-state index in [1.165, 1.54) is 12.1 Å². The molecule has 21 heavy (non-hydrogen) atoms. The highest BCUT2D eigenvalue weighted by molar-refractivity contribution is 7.22. The number of carboxylic acid groups (broad SMARTS) is 1. The molecule has 1 saturated heterocycles. The Morgan fingerprint density at radius 3 is 2.62 bits per heavy atom. The Morgan fingerprint density at radius 1 is 1.33 bits per heavy atom. The van der Waals surface area contributed by atoms with Crippen molar-refractivity contribution >= 4 is 44.5 Å². The predicted octanol–water partition coefficient (Wildman–Crippen LogP) is 2.28. The van der Waals surface area contributed by atoms with Crippen LogP contribution < -0.4 is 4.90 Å². The summed E-state index contributed by atoms with van der Waals surface area (Å²) < 4.78 is 0.643. The van der Waals surface area contributed by atoms with Gasteiger partial charge < -0.3 is 5.11 Å². The zero-order valence-corrected chi connectivity index (χ0v) is 12.0. The van der Waals surface area contributed by atoms with E-state index < -0.39 is 5.97 Å². The quantitative estimate of drug-likeness (QED) is 0.860. The summed E-state index contributed by atoms with van der Waals surface area (Å²) >= 11 is 1.15. The van der Waals surface area contributed by atoms with Crippen molar-refractivity contribution < 1.29 is 19.5 Å². The summed E-state index contributed by atoms with van der Waals surface area (Å²) in [6, 6.07) is 4.54. The van der Waals surface area contributed by atoms with Crippen LogP contribution in [0.1, 0.15) is 30.1 Å². The molecule has 1 aromatic carbocycles. The molecule has 0 radical (unpaired) electrons. The predicted molar refractivity (Wildman–Crippen MR) is 77.5 cm³/mol. The van der Waals surface area contributed by atoms with Crippen LogP contribution in [0.2, 0.25) is 0 Å². The van der Waals surface area contributed by atoms with Crippen LogP contribution in [0, 0.1) is 5.92 Å². The number of carboxylic acids is 1. The van der Waals surface area contributed by atoms with Crippen molar-refractivity contribution in [3.05, 3.63) is 23.8 Å². The minimum Gasteiger partial charge on any atom is -0.478 e. The number of carbonyl (C=O) groups is 3. The number of rotatable bonds is 2. The van der Waals surface area contributed by atoms with Crippen LogP contribution in [0.4, 0.5) is 5.13 Å². The monoisotopic (exact) mass is 304 g/mol. The van der Waals surface area contributed by atoms with E-state index in [1.54, 1.807) is 6.07 Å². The first kappa shape index (κ1) is 13.7. The average molecular weight is 304 g/mol. The molecule has 3 rings (SSSR count). The molecule has 2 heterocycles. The second-order valence-corrected chi connectivity index (χ2v) is 6.13. The van der Waals surface area contributed by atoms with Crippen LogP contribution in [0.15, 0.2) is 18.2 Å². The number of thiazole rings is 1. The number of amides is 2. The van der Waals surface area contributed by atoms with Crippen LogP contribution >= 0.6 is 11.3 Å². The zero-order valence-electron chi connectivity index (χ0n) is 11.2. The molecule has 6 nitrogen and oxygen atoms in total. The summed E-state index contributed by atoms with van der Waals surface area (Å²) in [5, 5.41) is 9.29. The van der Waals surface area contributed by atoms with E-state index in [-0.39, 0.29) is 23.3 Å². The van der Waals surface area contributed by atoms with E-state index in [9.17, 15) is 14.4 Å². The fraction of sp³-hybridized carbons (Fsp3) is 0.286.